The van der Waals surface area contributed by atoms with Crippen LogP contribution in [0.15, 0.2) is 23.1 Å². The predicted octanol–water partition coefficient (Wildman–Crippen LogP) is 3.06. The third-order valence-electron chi connectivity index (χ3n) is 4.69. The average Bonchev–Trinajstić information content (AvgIpc) is 2.98. The van der Waals surface area contributed by atoms with Crippen molar-refractivity contribution < 1.29 is 28.7 Å². The highest BCUT2D eigenvalue weighted by Crippen LogP contribution is 2.34. The molecule has 3 amide bonds. The molecule has 1 aromatic carbocycles. The van der Waals surface area contributed by atoms with E-state index in [1.165, 1.54) is 6.92 Å². The van der Waals surface area contributed by atoms with Crippen molar-refractivity contribution in [2.75, 3.05) is 26.2 Å². The maximum atomic E-state index is 12.7. The van der Waals surface area contributed by atoms with E-state index in [0.717, 1.165) is 35.9 Å². The Bertz CT molecular complexity index is 891. The lowest BCUT2D eigenvalue weighted by Crippen LogP contribution is -2.44. The topological polar surface area (TPSA) is 93.2 Å². The molecular weight excluding hydrogens is 408 g/mol. The van der Waals surface area contributed by atoms with Crippen LogP contribution < -0.4 is 9.47 Å². The zero-order valence-electron chi connectivity index (χ0n) is 17.0. The van der Waals surface area contributed by atoms with Crippen LogP contribution in [0.5, 0.6) is 11.5 Å². The molecule has 1 aromatic rings. The predicted molar refractivity (Wildman–Crippen MR) is 112 cm³/mol. The Kier molecular flexibility index (Phi) is 7.15. The van der Waals surface area contributed by atoms with E-state index in [2.05, 4.69) is 0 Å². The zero-order chi connectivity index (χ0) is 21.7. The molecule has 0 radical (unpaired) electrons. The molecule has 160 valence electrons. The van der Waals surface area contributed by atoms with Crippen LogP contribution in [0.4, 0.5) is 4.79 Å². The van der Waals surface area contributed by atoms with Gasteiger partial charge in [0.25, 0.3) is 11.1 Å². The molecule has 2 aliphatic rings. The van der Waals surface area contributed by atoms with E-state index in [1.54, 1.807) is 36.1 Å². The molecule has 2 fully saturated rings. The summed E-state index contributed by atoms with van der Waals surface area (Å²) in [5, 5.41) is -0.460. The molecular formula is C21H24N2O6S. The number of carbonyl (C=O) groups excluding carboxylic acids is 4. The van der Waals surface area contributed by atoms with Gasteiger partial charge in [0.1, 0.15) is 6.54 Å². The maximum absolute atomic E-state index is 12.7. The normalized spacial score (nSPS) is 18.1. The van der Waals surface area contributed by atoms with E-state index >= 15 is 0 Å². The third-order valence-corrected chi connectivity index (χ3v) is 5.60. The Balaban J connectivity index is 1.75. The van der Waals surface area contributed by atoms with Crippen LogP contribution in [0, 0.1) is 0 Å². The van der Waals surface area contributed by atoms with Gasteiger partial charge in [0.2, 0.25) is 5.91 Å². The Morgan fingerprint density at radius 2 is 1.87 bits per heavy atom. The number of carbonyl (C=O) groups is 4. The van der Waals surface area contributed by atoms with Gasteiger partial charge in [-0.15, -0.1) is 0 Å². The second-order valence-electron chi connectivity index (χ2n) is 6.94. The number of thioether (sulfide) groups is 1. The van der Waals surface area contributed by atoms with Crippen molar-refractivity contribution in [3.8, 4) is 11.5 Å². The van der Waals surface area contributed by atoms with Crippen LogP contribution in [0.2, 0.25) is 0 Å². The van der Waals surface area contributed by atoms with E-state index < -0.39 is 17.1 Å². The number of likely N-dealkylation sites (tertiary alicyclic amines) is 1. The minimum atomic E-state index is -0.489. The lowest BCUT2D eigenvalue weighted by molar-refractivity contribution is -0.136. The lowest BCUT2D eigenvalue weighted by atomic mass is 10.1. The van der Waals surface area contributed by atoms with Gasteiger partial charge in [-0.05, 0) is 61.7 Å². The molecule has 2 saturated heterocycles. The quantitative estimate of drug-likeness (QED) is 0.387. The minimum Gasteiger partial charge on any atom is -0.490 e. The first-order chi connectivity index (χ1) is 14.4. The van der Waals surface area contributed by atoms with Crippen molar-refractivity contribution in [3.63, 3.8) is 0 Å². The second-order valence-corrected chi connectivity index (χ2v) is 7.94. The molecule has 0 N–H and O–H groups in total. The number of ether oxygens (including phenoxy) is 2. The molecule has 0 aliphatic carbocycles. The summed E-state index contributed by atoms with van der Waals surface area (Å²) in [6.45, 7) is 4.56. The molecule has 0 atom stereocenters. The Labute approximate surface area is 179 Å². The summed E-state index contributed by atoms with van der Waals surface area (Å²) in [5.41, 5.74) is 0.613. The number of benzene rings is 1. The van der Waals surface area contributed by atoms with Crippen LogP contribution >= 0.6 is 11.8 Å². The van der Waals surface area contributed by atoms with E-state index in [9.17, 15) is 19.2 Å². The molecule has 0 bridgehead atoms. The van der Waals surface area contributed by atoms with E-state index in [1.807, 2.05) is 0 Å². The van der Waals surface area contributed by atoms with E-state index in [0.29, 0.717) is 31.0 Å². The number of imide groups is 1. The molecule has 2 aliphatic heterocycles. The van der Waals surface area contributed by atoms with Crippen molar-refractivity contribution in [1.29, 1.82) is 0 Å². The first kappa shape index (κ1) is 21.9. The minimum absolute atomic E-state index is 0.206. The van der Waals surface area contributed by atoms with Gasteiger partial charge in [-0.2, -0.15) is 0 Å². The summed E-state index contributed by atoms with van der Waals surface area (Å²) >= 11 is 0.801. The van der Waals surface area contributed by atoms with Crippen LogP contribution in [0.1, 0.15) is 38.7 Å². The zero-order valence-corrected chi connectivity index (χ0v) is 17.8. The fourth-order valence-electron chi connectivity index (χ4n) is 3.29. The summed E-state index contributed by atoms with van der Waals surface area (Å²) < 4.78 is 10.6. The van der Waals surface area contributed by atoms with Crippen molar-refractivity contribution in [3.05, 3.63) is 28.7 Å². The van der Waals surface area contributed by atoms with Crippen LogP contribution in [0.3, 0.4) is 0 Å². The highest BCUT2D eigenvalue weighted by atomic mass is 32.2. The number of piperidine rings is 1. The Morgan fingerprint density at radius 3 is 2.53 bits per heavy atom. The van der Waals surface area contributed by atoms with Gasteiger partial charge >= 0.3 is 5.97 Å². The highest BCUT2D eigenvalue weighted by Gasteiger charge is 2.37. The Hall–Kier alpha value is -2.81. The summed E-state index contributed by atoms with van der Waals surface area (Å²) in [6, 6.07) is 4.87. The van der Waals surface area contributed by atoms with E-state index in [4.69, 9.17) is 9.47 Å². The van der Waals surface area contributed by atoms with Crippen molar-refractivity contribution in [2.24, 2.45) is 0 Å². The molecule has 9 heteroatoms. The van der Waals surface area contributed by atoms with Gasteiger partial charge in [-0.3, -0.25) is 24.1 Å². The second kappa shape index (κ2) is 9.80. The monoisotopic (exact) mass is 432 g/mol. The van der Waals surface area contributed by atoms with Gasteiger partial charge in [0, 0.05) is 20.0 Å². The van der Waals surface area contributed by atoms with Crippen molar-refractivity contribution in [2.45, 2.75) is 33.1 Å². The molecule has 0 aromatic heterocycles. The maximum Gasteiger partial charge on any atom is 0.308 e. The average molecular weight is 432 g/mol. The number of hydrogen-bond donors (Lipinski definition) is 0. The van der Waals surface area contributed by atoms with E-state index in [-0.39, 0.29) is 23.1 Å². The van der Waals surface area contributed by atoms with Gasteiger partial charge in [-0.1, -0.05) is 6.07 Å². The van der Waals surface area contributed by atoms with Crippen molar-refractivity contribution >= 4 is 40.9 Å². The standard InChI is InChI=1S/C21H24N2O6S/c1-3-28-17-11-15(7-8-16(17)29-14(2)24)12-18-20(26)23(21(27)30-18)13-19(25)22-9-5-4-6-10-22/h7-8,11-12H,3-6,9-10,13H2,1-2H3/b18-12+. The molecule has 0 saturated carbocycles. The molecule has 0 spiro atoms. The van der Waals surface area contributed by atoms with Crippen LogP contribution in [0.25, 0.3) is 6.08 Å². The molecule has 0 unspecified atom stereocenters. The third kappa shape index (κ3) is 5.21. The number of hydrogen-bond acceptors (Lipinski definition) is 7. The number of rotatable bonds is 6. The van der Waals surface area contributed by atoms with Crippen molar-refractivity contribution in [1.82, 2.24) is 9.80 Å². The molecule has 30 heavy (non-hydrogen) atoms. The molecule has 8 nitrogen and oxygen atoms in total. The molecule has 2 heterocycles. The smallest absolute Gasteiger partial charge is 0.308 e. The van der Waals surface area contributed by atoms with Crippen LogP contribution in [-0.4, -0.2) is 59.1 Å². The van der Waals surface area contributed by atoms with Gasteiger partial charge in [0.05, 0.1) is 11.5 Å². The number of amides is 3. The summed E-state index contributed by atoms with van der Waals surface area (Å²) in [6.07, 6.45) is 4.54. The first-order valence-corrected chi connectivity index (χ1v) is 10.7. The van der Waals surface area contributed by atoms with Crippen LogP contribution in [-0.2, 0) is 14.4 Å². The summed E-state index contributed by atoms with van der Waals surface area (Å²) in [5.74, 6) is -0.522. The van der Waals surface area contributed by atoms with Gasteiger partial charge in [-0.25, -0.2) is 0 Å². The first-order valence-electron chi connectivity index (χ1n) is 9.87. The number of esters is 1. The SMILES string of the molecule is CCOc1cc(/C=C2/SC(=O)N(CC(=O)N3CCCCC3)C2=O)ccc1OC(C)=O. The fraction of sp³-hybridized carbons (Fsp3) is 0.429. The van der Waals surface area contributed by atoms with Gasteiger partial charge in [0.15, 0.2) is 11.5 Å². The highest BCUT2D eigenvalue weighted by molar-refractivity contribution is 8.18. The fourth-order valence-corrected chi connectivity index (χ4v) is 4.13. The summed E-state index contributed by atoms with van der Waals surface area (Å²) in [4.78, 5) is 51.6. The number of nitrogens with zero attached hydrogens (tertiary/aromatic N) is 2. The Morgan fingerprint density at radius 1 is 1.13 bits per heavy atom. The summed E-state index contributed by atoms with van der Waals surface area (Å²) in [7, 11) is 0. The largest absolute Gasteiger partial charge is 0.490 e. The van der Waals surface area contributed by atoms with Gasteiger partial charge < -0.3 is 14.4 Å². The molecule has 3 rings (SSSR count). The lowest BCUT2D eigenvalue weighted by Gasteiger charge is -2.27.